The molecule has 0 amide bonds. The Hall–Kier alpha value is -0.540. The van der Waals surface area contributed by atoms with Gasteiger partial charge in [0.05, 0.1) is 0 Å². The van der Waals surface area contributed by atoms with Crippen molar-refractivity contribution >= 4 is 21.6 Å². The lowest BCUT2D eigenvalue weighted by Crippen LogP contribution is -2.43. The fourth-order valence-electron chi connectivity index (χ4n) is 1.94. The zero-order chi connectivity index (χ0) is 10.7. The maximum absolute atomic E-state index is 3.58. The topological polar surface area (TPSA) is 15.3 Å². The van der Waals surface area contributed by atoms with Crippen molar-refractivity contribution in [3.8, 4) is 0 Å². The molecule has 0 atom stereocenters. The second-order valence-corrected chi connectivity index (χ2v) is 4.82. The third-order valence-corrected chi connectivity index (χ3v) is 3.29. The zero-order valence-electron chi connectivity index (χ0n) is 9.09. The molecule has 1 N–H and O–H groups in total. The number of piperazine rings is 1. The molecule has 1 aromatic rings. The Balaban J connectivity index is 2.22. The summed E-state index contributed by atoms with van der Waals surface area (Å²) >= 11 is 3.58. The van der Waals surface area contributed by atoms with Crippen molar-refractivity contribution in [3.63, 3.8) is 0 Å². The summed E-state index contributed by atoms with van der Waals surface area (Å²) in [5.74, 6) is 0. The van der Waals surface area contributed by atoms with Crippen LogP contribution >= 0.6 is 15.9 Å². The average molecular weight is 269 g/mol. The maximum Gasteiger partial charge on any atom is 0.0381 e. The van der Waals surface area contributed by atoms with E-state index in [2.05, 4.69) is 51.3 Å². The predicted octanol–water partition coefficient (Wildman–Crippen LogP) is 2.42. The Labute approximate surface area is 99.8 Å². The molecular formula is C12H17BrN2. The number of rotatable bonds is 2. The van der Waals surface area contributed by atoms with Gasteiger partial charge >= 0.3 is 0 Å². The molecule has 0 radical (unpaired) electrons. The molecule has 0 unspecified atom stereocenters. The number of hydrogen-bond acceptors (Lipinski definition) is 2. The monoisotopic (exact) mass is 268 g/mol. The second-order valence-electron chi connectivity index (χ2n) is 3.91. The standard InChI is InChI=1S/C12H17BrN2/c1-2-10-7-11(13)9-12(8-10)15-5-3-14-4-6-15/h7-9,14H,2-6H2,1H3. The summed E-state index contributed by atoms with van der Waals surface area (Å²) in [5, 5.41) is 3.37. The number of anilines is 1. The van der Waals surface area contributed by atoms with Gasteiger partial charge < -0.3 is 10.2 Å². The van der Waals surface area contributed by atoms with E-state index in [1.54, 1.807) is 0 Å². The van der Waals surface area contributed by atoms with Crippen LogP contribution < -0.4 is 10.2 Å². The van der Waals surface area contributed by atoms with Gasteiger partial charge in [0.2, 0.25) is 0 Å². The van der Waals surface area contributed by atoms with Crippen molar-refractivity contribution < 1.29 is 0 Å². The highest BCUT2D eigenvalue weighted by atomic mass is 79.9. The minimum atomic E-state index is 1.09. The maximum atomic E-state index is 3.58. The van der Waals surface area contributed by atoms with E-state index in [0.29, 0.717) is 0 Å². The van der Waals surface area contributed by atoms with Crippen LogP contribution in [0.2, 0.25) is 0 Å². The molecule has 0 aliphatic carbocycles. The number of benzene rings is 1. The minimum Gasteiger partial charge on any atom is -0.369 e. The van der Waals surface area contributed by atoms with Crippen LogP contribution in [-0.4, -0.2) is 26.2 Å². The molecule has 1 aromatic carbocycles. The van der Waals surface area contributed by atoms with Gasteiger partial charge in [0.25, 0.3) is 0 Å². The van der Waals surface area contributed by atoms with E-state index < -0.39 is 0 Å². The van der Waals surface area contributed by atoms with Crippen molar-refractivity contribution in [2.75, 3.05) is 31.1 Å². The van der Waals surface area contributed by atoms with Crippen LogP contribution in [0.1, 0.15) is 12.5 Å². The number of aryl methyl sites for hydroxylation is 1. The summed E-state index contributed by atoms with van der Waals surface area (Å²) in [6.07, 6.45) is 1.10. The zero-order valence-corrected chi connectivity index (χ0v) is 10.7. The molecule has 1 fully saturated rings. The predicted molar refractivity (Wildman–Crippen MR) is 68.6 cm³/mol. The van der Waals surface area contributed by atoms with Gasteiger partial charge in [-0.3, -0.25) is 0 Å². The first-order valence-electron chi connectivity index (χ1n) is 5.54. The van der Waals surface area contributed by atoms with Crippen LogP contribution in [0.4, 0.5) is 5.69 Å². The molecule has 82 valence electrons. The number of hydrogen-bond donors (Lipinski definition) is 1. The van der Waals surface area contributed by atoms with Gasteiger partial charge in [-0.2, -0.15) is 0 Å². The lowest BCUT2D eigenvalue weighted by molar-refractivity contribution is 0.589. The molecule has 0 saturated carbocycles. The fourth-order valence-corrected chi connectivity index (χ4v) is 2.47. The Morgan fingerprint density at radius 1 is 1.27 bits per heavy atom. The van der Waals surface area contributed by atoms with Crippen molar-refractivity contribution in [1.82, 2.24) is 5.32 Å². The average Bonchev–Trinajstić information content (AvgIpc) is 2.29. The van der Waals surface area contributed by atoms with Crippen LogP contribution in [0.25, 0.3) is 0 Å². The van der Waals surface area contributed by atoms with Gasteiger partial charge in [-0.25, -0.2) is 0 Å². The normalized spacial score (nSPS) is 16.8. The van der Waals surface area contributed by atoms with Crippen molar-refractivity contribution in [2.45, 2.75) is 13.3 Å². The Bertz CT molecular complexity index is 332. The van der Waals surface area contributed by atoms with E-state index >= 15 is 0 Å². The van der Waals surface area contributed by atoms with E-state index in [1.165, 1.54) is 15.7 Å². The quantitative estimate of drug-likeness (QED) is 0.887. The van der Waals surface area contributed by atoms with Gasteiger partial charge in [0.1, 0.15) is 0 Å². The van der Waals surface area contributed by atoms with Crippen LogP contribution in [0, 0.1) is 0 Å². The third-order valence-electron chi connectivity index (χ3n) is 2.83. The highest BCUT2D eigenvalue weighted by molar-refractivity contribution is 9.10. The Kier molecular flexibility index (Phi) is 3.65. The lowest BCUT2D eigenvalue weighted by Gasteiger charge is -2.30. The van der Waals surface area contributed by atoms with Crippen molar-refractivity contribution in [1.29, 1.82) is 0 Å². The van der Waals surface area contributed by atoms with Crippen LogP contribution in [-0.2, 0) is 6.42 Å². The molecule has 1 aliphatic heterocycles. The molecule has 0 bridgehead atoms. The summed E-state index contributed by atoms with van der Waals surface area (Å²) in [7, 11) is 0. The summed E-state index contributed by atoms with van der Waals surface area (Å²) in [6.45, 7) is 6.60. The van der Waals surface area contributed by atoms with E-state index in [4.69, 9.17) is 0 Å². The molecule has 15 heavy (non-hydrogen) atoms. The van der Waals surface area contributed by atoms with Crippen LogP contribution in [0.15, 0.2) is 22.7 Å². The molecule has 3 heteroatoms. The first-order valence-corrected chi connectivity index (χ1v) is 6.34. The minimum absolute atomic E-state index is 1.09. The number of halogens is 1. The molecular weight excluding hydrogens is 252 g/mol. The number of nitrogens with one attached hydrogen (secondary N) is 1. The van der Waals surface area contributed by atoms with Gasteiger partial charge in [-0.1, -0.05) is 22.9 Å². The van der Waals surface area contributed by atoms with E-state index in [0.717, 1.165) is 32.6 Å². The molecule has 0 spiro atoms. The smallest absolute Gasteiger partial charge is 0.0381 e. The van der Waals surface area contributed by atoms with E-state index in [-0.39, 0.29) is 0 Å². The molecule has 1 aliphatic rings. The first kappa shape index (κ1) is 11.0. The largest absolute Gasteiger partial charge is 0.369 e. The number of nitrogens with zero attached hydrogens (tertiary/aromatic N) is 1. The Morgan fingerprint density at radius 3 is 2.67 bits per heavy atom. The SMILES string of the molecule is CCc1cc(Br)cc(N2CCNCC2)c1. The molecule has 2 nitrogen and oxygen atoms in total. The molecule has 2 rings (SSSR count). The lowest BCUT2D eigenvalue weighted by atomic mass is 10.1. The van der Waals surface area contributed by atoms with E-state index in [1.807, 2.05) is 0 Å². The van der Waals surface area contributed by atoms with Crippen molar-refractivity contribution in [2.24, 2.45) is 0 Å². The molecule has 1 saturated heterocycles. The fraction of sp³-hybridized carbons (Fsp3) is 0.500. The van der Waals surface area contributed by atoms with Gasteiger partial charge in [-0.05, 0) is 30.2 Å². The summed E-state index contributed by atoms with van der Waals surface area (Å²) in [5.41, 5.74) is 2.75. The van der Waals surface area contributed by atoms with Gasteiger partial charge in [0, 0.05) is 36.3 Å². The molecule has 1 heterocycles. The summed E-state index contributed by atoms with van der Waals surface area (Å²) < 4.78 is 1.19. The van der Waals surface area contributed by atoms with Crippen LogP contribution in [0.5, 0.6) is 0 Å². The summed E-state index contributed by atoms with van der Waals surface area (Å²) in [6, 6.07) is 6.71. The van der Waals surface area contributed by atoms with Gasteiger partial charge in [-0.15, -0.1) is 0 Å². The first-order chi connectivity index (χ1) is 7.29. The summed E-state index contributed by atoms with van der Waals surface area (Å²) in [4.78, 5) is 2.44. The van der Waals surface area contributed by atoms with Crippen LogP contribution in [0.3, 0.4) is 0 Å². The van der Waals surface area contributed by atoms with Gasteiger partial charge in [0.15, 0.2) is 0 Å². The molecule has 0 aromatic heterocycles. The van der Waals surface area contributed by atoms with Crippen molar-refractivity contribution in [3.05, 3.63) is 28.2 Å². The van der Waals surface area contributed by atoms with E-state index in [9.17, 15) is 0 Å². The highest BCUT2D eigenvalue weighted by Crippen LogP contribution is 2.23. The second kappa shape index (κ2) is 4.99. The highest BCUT2D eigenvalue weighted by Gasteiger charge is 2.11. The Morgan fingerprint density at radius 2 is 2.00 bits per heavy atom. The third kappa shape index (κ3) is 2.73.